The Morgan fingerprint density at radius 1 is 0.900 bits per heavy atom. The van der Waals surface area contributed by atoms with E-state index < -0.39 is 0 Å². The van der Waals surface area contributed by atoms with Crippen LogP contribution in [0.3, 0.4) is 0 Å². The molecule has 0 aliphatic heterocycles. The number of rotatable bonds is 7. The lowest BCUT2D eigenvalue weighted by Gasteiger charge is -2.12. The van der Waals surface area contributed by atoms with Crippen molar-refractivity contribution in [2.24, 2.45) is 0 Å². The van der Waals surface area contributed by atoms with E-state index in [1.807, 2.05) is 25.1 Å². The van der Waals surface area contributed by atoms with Crippen molar-refractivity contribution in [2.45, 2.75) is 27.3 Å². The molecular weight excluding hydrogens is 419 g/mol. The fourth-order valence-electron chi connectivity index (χ4n) is 2.89. The second-order valence-electron chi connectivity index (χ2n) is 7.21. The van der Waals surface area contributed by atoms with E-state index in [-0.39, 0.29) is 12.5 Å². The van der Waals surface area contributed by atoms with Crippen LogP contribution in [0.1, 0.15) is 22.3 Å². The number of hydrogen-bond donors (Lipinski definition) is 2. The van der Waals surface area contributed by atoms with Crippen molar-refractivity contribution >= 4 is 40.5 Å². The second-order valence-corrected chi connectivity index (χ2v) is 8.06. The van der Waals surface area contributed by atoms with E-state index in [0.29, 0.717) is 28.0 Å². The predicted molar refractivity (Wildman–Crippen MR) is 125 cm³/mol. The molecule has 6 heteroatoms. The van der Waals surface area contributed by atoms with Crippen molar-refractivity contribution in [3.63, 3.8) is 0 Å². The van der Waals surface area contributed by atoms with E-state index in [1.54, 1.807) is 18.2 Å². The molecule has 0 bridgehead atoms. The van der Waals surface area contributed by atoms with Gasteiger partial charge in [-0.1, -0.05) is 41.4 Å². The topological polar surface area (TPSA) is 50.4 Å². The summed E-state index contributed by atoms with van der Waals surface area (Å²) in [4.78, 5) is 12.2. The second kappa shape index (κ2) is 9.88. The minimum atomic E-state index is -0.281. The number of anilines is 2. The molecule has 3 aromatic rings. The number of carbonyl (C=O) groups excluding carboxylic acids is 1. The first-order valence-corrected chi connectivity index (χ1v) is 10.4. The third-order valence-electron chi connectivity index (χ3n) is 4.83. The number of benzene rings is 3. The third-order valence-corrected chi connectivity index (χ3v) is 5.36. The Kier molecular flexibility index (Phi) is 7.24. The van der Waals surface area contributed by atoms with Gasteiger partial charge in [0.15, 0.2) is 6.61 Å². The molecule has 2 N–H and O–H groups in total. The zero-order valence-corrected chi connectivity index (χ0v) is 18.7. The van der Waals surface area contributed by atoms with Gasteiger partial charge in [0.05, 0.1) is 5.02 Å². The molecule has 0 heterocycles. The molecule has 0 saturated carbocycles. The molecule has 3 aromatic carbocycles. The standard InChI is InChI=1S/C24H24Cl2N2O2/c1-15-5-8-20(10-17(15)3)27-13-18-6-9-23(21(26)11-18)30-14-24(29)28-22-12-19(25)7-4-16(22)2/h4-12,27H,13-14H2,1-3H3,(H,28,29). The molecule has 0 aliphatic rings. The van der Waals surface area contributed by atoms with E-state index >= 15 is 0 Å². The van der Waals surface area contributed by atoms with Crippen LogP contribution in [0.2, 0.25) is 10.0 Å². The Balaban J connectivity index is 1.55. The summed E-state index contributed by atoms with van der Waals surface area (Å²) in [5.74, 6) is 0.182. The summed E-state index contributed by atoms with van der Waals surface area (Å²) in [6, 6.07) is 17.1. The van der Waals surface area contributed by atoms with E-state index in [2.05, 4.69) is 42.7 Å². The van der Waals surface area contributed by atoms with Crippen molar-refractivity contribution in [3.8, 4) is 5.75 Å². The number of carbonyl (C=O) groups is 1. The molecule has 3 rings (SSSR count). The van der Waals surface area contributed by atoms with Gasteiger partial charge in [0.2, 0.25) is 0 Å². The van der Waals surface area contributed by atoms with Gasteiger partial charge in [0.1, 0.15) is 5.75 Å². The molecule has 4 nitrogen and oxygen atoms in total. The quantitative estimate of drug-likeness (QED) is 0.436. The number of aryl methyl sites for hydroxylation is 3. The highest BCUT2D eigenvalue weighted by Gasteiger charge is 2.09. The van der Waals surface area contributed by atoms with Crippen LogP contribution in [0.4, 0.5) is 11.4 Å². The summed E-state index contributed by atoms with van der Waals surface area (Å²) < 4.78 is 5.59. The first-order chi connectivity index (χ1) is 14.3. The fraction of sp³-hybridized carbons (Fsp3) is 0.208. The van der Waals surface area contributed by atoms with Crippen LogP contribution < -0.4 is 15.4 Å². The van der Waals surface area contributed by atoms with Crippen LogP contribution in [0, 0.1) is 20.8 Å². The first kappa shape index (κ1) is 22.0. The number of amides is 1. The number of ether oxygens (including phenoxy) is 1. The molecule has 0 spiro atoms. The maximum atomic E-state index is 12.2. The minimum Gasteiger partial charge on any atom is -0.482 e. The predicted octanol–water partition coefficient (Wildman–Crippen LogP) is 6.55. The van der Waals surface area contributed by atoms with Gasteiger partial charge < -0.3 is 15.4 Å². The van der Waals surface area contributed by atoms with Crippen LogP contribution in [0.15, 0.2) is 54.6 Å². The van der Waals surface area contributed by atoms with Gasteiger partial charge >= 0.3 is 0 Å². The summed E-state index contributed by atoms with van der Waals surface area (Å²) >= 11 is 12.3. The maximum absolute atomic E-state index is 12.2. The van der Waals surface area contributed by atoms with Gasteiger partial charge in [-0.15, -0.1) is 0 Å². The molecule has 0 fully saturated rings. The van der Waals surface area contributed by atoms with Crippen molar-refractivity contribution < 1.29 is 9.53 Å². The summed E-state index contributed by atoms with van der Waals surface area (Å²) in [6.07, 6.45) is 0. The van der Waals surface area contributed by atoms with Gasteiger partial charge in [-0.25, -0.2) is 0 Å². The van der Waals surface area contributed by atoms with Gasteiger partial charge in [-0.2, -0.15) is 0 Å². The monoisotopic (exact) mass is 442 g/mol. The lowest BCUT2D eigenvalue weighted by molar-refractivity contribution is -0.118. The van der Waals surface area contributed by atoms with E-state index in [1.165, 1.54) is 11.1 Å². The van der Waals surface area contributed by atoms with Crippen molar-refractivity contribution in [1.29, 1.82) is 0 Å². The highest BCUT2D eigenvalue weighted by molar-refractivity contribution is 6.32. The zero-order chi connectivity index (χ0) is 21.7. The molecule has 0 atom stereocenters. The Hall–Kier alpha value is -2.69. The van der Waals surface area contributed by atoms with Gasteiger partial charge in [0.25, 0.3) is 5.91 Å². The third kappa shape index (κ3) is 5.91. The molecule has 0 unspecified atom stereocenters. The number of halogens is 2. The Bertz CT molecular complexity index is 1070. The molecule has 0 aliphatic carbocycles. The van der Waals surface area contributed by atoms with Crippen molar-refractivity contribution in [1.82, 2.24) is 0 Å². The minimum absolute atomic E-state index is 0.147. The molecule has 156 valence electrons. The Labute approximate surface area is 187 Å². The van der Waals surface area contributed by atoms with Crippen molar-refractivity contribution in [2.75, 3.05) is 17.2 Å². The average molecular weight is 443 g/mol. The SMILES string of the molecule is Cc1ccc(NCc2ccc(OCC(=O)Nc3cc(Cl)ccc3C)c(Cl)c2)cc1C. The summed E-state index contributed by atoms with van der Waals surface area (Å²) in [6.45, 7) is 6.57. The van der Waals surface area contributed by atoms with E-state index in [0.717, 1.165) is 16.8 Å². The average Bonchev–Trinajstić information content (AvgIpc) is 2.71. The lowest BCUT2D eigenvalue weighted by Crippen LogP contribution is -2.20. The Morgan fingerprint density at radius 2 is 1.67 bits per heavy atom. The first-order valence-electron chi connectivity index (χ1n) is 9.60. The largest absolute Gasteiger partial charge is 0.482 e. The molecule has 30 heavy (non-hydrogen) atoms. The van der Waals surface area contributed by atoms with Gasteiger partial charge in [-0.05, 0) is 79.4 Å². The van der Waals surface area contributed by atoms with Gasteiger partial charge in [-0.3, -0.25) is 4.79 Å². The zero-order valence-electron chi connectivity index (χ0n) is 17.2. The van der Waals surface area contributed by atoms with Gasteiger partial charge in [0, 0.05) is 22.9 Å². The summed E-state index contributed by atoms with van der Waals surface area (Å²) in [5.41, 5.74) is 6.17. The van der Waals surface area contributed by atoms with Crippen LogP contribution in [0.5, 0.6) is 5.75 Å². The molecule has 0 aromatic heterocycles. The highest BCUT2D eigenvalue weighted by atomic mass is 35.5. The number of nitrogens with one attached hydrogen (secondary N) is 2. The highest BCUT2D eigenvalue weighted by Crippen LogP contribution is 2.26. The normalized spacial score (nSPS) is 10.6. The molecule has 1 amide bonds. The molecule has 0 radical (unpaired) electrons. The Morgan fingerprint density at radius 3 is 2.40 bits per heavy atom. The lowest BCUT2D eigenvalue weighted by atomic mass is 10.1. The van der Waals surface area contributed by atoms with E-state index in [4.69, 9.17) is 27.9 Å². The smallest absolute Gasteiger partial charge is 0.262 e. The van der Waals surface area contributed by atoms with Crippen molar-refractivity contribution in [3.05, 3.63) is 86.9 Å². The summed E-state index contributed by atoms with van der Waals surface area (Å²) in [7, 11) is 0. The molecule has 0 saturated heterocycles. The van der Waals surface area contributed by atoms with E-state index in [9.17, 15) is 4.79 Å². The van der Waals surface area contributed by atoms with Crippen LogP contribution >= 0.6 is 23.2 Å². The summed E-state index contributed by atoms with van der Waals surface area (Å²) in [5, 5.41) is 7.21. The molecular formula is C24H24Cl2N2O2. The number of hydrogen-bond acceptors (Lipinski definition) is 3. The van der Waals surface area contributed by atoms with Crippen LogP contribution in [0.25, 0.3) is 0 Å². The van der Waals surface area contributed by atoms with Crippen LogP contribution in [-0.2, 0) is 11.3 Å². The maximum Gasteiger partial charge on any atom is 0.262 e. The fourth-order valence-corrected chi connectivity index (χ4v) is 3.32. The van der Waals surface area contributed by atoms with Crippen LogP contribution in [-0.4, -0.2) is 12.5 Å².